The fourth-order valence-electron chi connectivity index (χ4n) is 4.03. The minimum absolute atomic E-state index is 0.0152. The normalized spacial score (nSPS) is 16.9. The first-order chi connectivity index (χ1) is 14.8. The Morgan fingerprint density at radius 1 is 1.29 bits per heavy atom. The van der Waals surface area contributed by atoms with E-state index in [-0.39, 0.29) is 36.3 Å². The highest BCUT2D eigenvalue weighted by Gasteiger charge is 2.37. The van der Waals surface area contributed by atoms with Crippen LogP contribution in [-0.2, 0) is 13.1 Å². The SMILES string of the molecule is CC(C)N1Cc2c(n(CC(O)Nc3ccc(F)cn3)c3cc(C4CC4)nn3c2=O)C1=O. The number of pyridine rings is 1. The molecular formula is C21H23FN6O3. The number of rotatable bonds is 6. The third-order valence-corrected chi connectivity index (χ3v) is 5.80. The van der Waals surface area contributed by atoms with Crippen molar-refractivity contribution in [3.8, 4) is 0 Å². The molecule has 0 aromatic carbocycles. The number of amides is 1. The van der Waals surface area contributed by atoms with Crippen LogP contribution in [0.2, 0.25) is 0 Å². The van der Waals surface area contributed by atoms with E-state index in [1.54, 1.807) is 9.47 Å². The molecule has 10 heteroatoms. The van der Waals surface area contributed by atoms with Crippen molar-refractivity contribution in [2.24, 2.45) is 0 Å². The summed E-state index contributed by atoms with van der Waals surface area (Å²) in [7, 11) is 0. The fraction of sp³-hybridized carbons (Fsp3) is 0.429. The smallest absolute Gasteiger partial charge is 0.280 e. The van der Waals surface area contributed by atoms with Gasteiger partial charge in [-0.3, -0.25) is 9.59 Å². The molecule has 1 saturated carbocycles. The van der Waals surface area contributed by atoms with Gasteiger partial charge < -0.3 is 19.9 Å². The molecule has 162 valence electrons. The lowest BCUT2D eigenvalue weighted by Crippen LogP contribution is -2.33. The van der Waals surface area contributed by atoms with Gasteiger partial charge in [-0.2, -0.15) is 9.61 Å². The van der Waals surface area contributed by atoms with Gasteiger partial charge in [0.2, 0.25) is 0 Å². The Bertz CT molecular complexity index is 1230. The molecule has 9 nitrogen and oxygen atoms in total. The number of aliphatic hydroxyl groups is 1. The predicted octanol–water partition coefficient (Wildman–Crippen LogP) is 1.70. The Morgan fingerprint density at radius 2 is 2.06 bits per heavy atom. The van der Waals surface area contributed by atoms with Crippen LogP contribution in [0.5, 0.6) is 0 Å². The number of fused-ring (bicyclic) bond motifs is 2. The van der Waals surface area contributed by atoms with Gasteiger partial charge in [0.1, 0.15) is 29.2 Å². The van der Waals surface area contributed by atoms with Gasteiger partial charge in [0.25, 0.3) is 11.5 Å². The molecule has 2 N–H and O–H groups in total. The third-order valence-electron chi connectivity index (χ3n) is 5.80. The van der Waals surface area contributed by atoms with E-state index >= 15 is 0 Å². The molecule has 2 aliphatic rings. The molecule has 1 amide bonds. The lowest BCUT2D eigenvalue weighted by molar-refractivity contribution is 0.0720. The number of nitrogens with one attached hydrogen (secondary N) is 1. The standard InChI is InChI=1S/C21H23FN6O3/c1-11(2)26-9-14-19(21(26)31)27(10-17(29)24-16-6-5-13(22)8-23-16)18-7-15(12-3-4-12)25-28(18)20(14)30/h5-8,11-12,17,29H,3-4,9-10H2,1-2H3,(H,23,24). The predicted molar refractivity (Wildman–Crippen MR) is 110 cm³/mol. The molecule has 5 rings (SSSR count). The minimum atomic E-state index is -1.13. The van der Waals surface area contributed by atoms with Gasteiger partial charge in [-0.05, 0) is 38.8 Å². The maximum Gasteiger partial charge on any atom is 0.280 e. The van der Waals surface area contributed by atoms with E-state index < -0.39 is 12.0 Å². The second-order valence-corrected chi connectivity index (χ2v) is 8.40. The molecule has 4 heterocycles. The summed E-state index contributed by atoms with van der Waals surface area (Å²) in [6, 6.07) is 4.40. The third kappa shape index (κ3) is 3.36. The lowest BCUT2D eigenvalue weighted by Gasteiger charge is -2.21. The number of aromatic nitrogens is 4. The molecule has 1 aliphatic heterocycles. The zero-order chi connectivity index (χ0) is 21.9. The molecule has 0 bridgehead atoms. The summed E-state index contributed by atoms with van der Waals surface area (Å²) in [5.74, 6) is -0.0982. The maximum absolute atomic E-state index is 13.2. The summed E-state index contributed by atoms with van der Waals surface area (Å²) in [4.78, 5) is 31.8. The topological polar surface area (TPSA) is 105 Å². The Labute approximate surface area is 177 Å². The number of carbonyl (C=O) groups excluding carboxylic acids is 1. The Morgan fingerprint density at radius 3 is 2.71 bits per heavy atom. The Hall–Kier alpha value is -3.27. The molecular weight excluding hydrogens is 403 g/mol. The van der Waals surface area contributed by atoms with Crippen LogP contribution in [0.1, 0.15) is 54.4 Å². The molecule has 0 radical (unpaired) electrons. The Kier molecular flexibility index (Phi) is 4.54. The zero-order valence-corrected chi connectivity index (χ0v) is 17.2. The highest BCUT2D eigenvalue weighted by atomic mass is 19.1. The van der Waals surface area contributed by atoms with E-state index in [9.17, 15) is 19.1 Å². The van der Waals surface area contributed by atoms with Crippen LogP contribution in [-0.4, -0.2) is 47.3 Å². The van der Waals surface area contributed by atoms with Crippen molar-refractivity contribution < 1.29 is 14.3 Å². The molecule has 0 spiro atoms. The summed E-state index contributed by atoms with van der Waals surface area (Å²) in [6.07, 6.45) is 1.97. The van der Waals surface area contributed by atoms with Crippen LogP contribution >= 0.6 is 0 Å². The molecule has 31 heavy (non-hydrogen) atoms. The molecule has 1 aliphatic carbocycles. The number of aliphatic hydroxyl groups excluding tert-OH is 1. The zero-order valence-electron chi connectivity index (χ0n) is 17.2. The van der Waals surface area contributed by atoms with Crippen LogP contribution in [0.25, 0.3) is 5.65 Å². The summed E-state index contributed by atoms with van der Waals surface area (Å²) in [5, 5.41) is 18.0. The number of hydrogen-bond donors (Lipinski definition) is 2. The quantitative estimate of drug-likeness (QED) is 0.582. The van der Waals surface area contributed by atoms with Crippen molar-refractivity contribution in [3.63, 3.8) is 0 Å². The van der Waals surface area contributed by atoms with E-state index in [0.29, 0.717) is 22.9 Å². The van der Waals surface area contributed by atoms with Crippen molar-refractivity contribution in [3.05, 3.63) is 57.5 Å². The summed E-state index contributed by atoms with van der Waals surface area (Å²) in [5.41, 5.74) is 1.65. The van der Waals surface area contributed by atoms with Crippen molar-refractivity contribution in [2.75, 3.05) is 5.32 Å². The number of halogens is 1. The van der Waals surface area contributed by atoms with E-state index in [1.807, 2.05) is 19.9 Å². The first-order valence-electron chi connectivity index (χ1n) is 10.4. The molecule has 1 fully saturated rings. The lowest BCUT2D eigenvalue weighted by atomic mass is 10.2. The number of nitrogens with zero attached hydrogens (tertiary/aromatic N) is 5. The molecule has 1 atom stereocenters. The first-order valence-corrected chi connectivity index (χ1v) is 10.4. The largest absolute Gasteiger partial charge is 0.372 e. The van der Waals surface area contributed by atoms with Crippen LogP contribution < -0.4 is 10.9 Å². The molecule has 3 aromatic heterocycles. The first kappa shape index (κ1) is 19.7. The van der Waals surface area contributed by atoms with E-state index in [0.717, 1.165) is 24.7 Å². The van der Waals surface area contributed by atoms with Crippen molar-refractivity contribution in [1.82, 2.24) is 24.1 Å². The molecule has 1 unspecified atom stereocenters. The van der Waals surface area contributed by atoms with Crippen molar-refractivity contribution in [1.29, 1.82) is 0 Å². The minimum Gasteiger partial charge on any atom is -0.372 e. The van der Waals surface area contributed by atoms with E-state index in [4.69, 9.17) is 0 Å². The Balaban J connectivity index is 1.58. The van der Waals surface area contributed by atoms with Crippen LogP contribution in [0, 0.1) is 5.82 Å². The molecule has 0 saturated heterocycles. The highest BCUT2D eigenvalue weighted by molar-refractivity contribution is 5.97. The second kappa shape index (κ2) is 7.16. The van der Waals surface area contributed by atoms with E-state index in [1.165, 1.54) is 16.6 Å². The summed E-state index contributed by atoms with van der Waals surface area (Å²) in [6.45, 7) is 3.98. The average Bonchev–Trinajstić information content (AvgIpc) is 3.38. The van der Waals surface area contributed by atoms with Crippen LogP contribution in [0.3, 0.4) is 0 Å². The van der Waals surface area contributed by atoms with Gasteiger partial charge in [0.15, 0.2) is 0 Å². The number of carbonyl (C=O) groups is 1. The second-order valence-electron chi connectivity index (χ2n) is 8.40. The highest BCUT2D eigenvalue weighted by Crippen LogP contribution is 2.39. The van der Waals surface area contributed by atoms with Gasteiger partial charge in [-0.1, -0.05) is 0 Å². The fourth-order valence-corrected chi connectivity index (χ4v) is 4.03. The van der Waals surface area contributed by atoms with E-state index in [2.05, 4.69) is 15.4 Å². The van der Waals surface area contributed by atoms with Gasteiger partial charge >= 0.3 is 0 Å². The maximum atomic E-state index is 13.2. The summed E-state index contributed by atoms with van der Waals surface area (Å²) < 4.78 is 16.1. The molecule has 3 aromatic rings. The number of anilines is 1. The monoisotopic (exact) mass is 426 g/mol. The van der Waals surface area contributed by atoms with Crippen LogP contribution in [0.4, 0.5) is 10.2 Å². The number of hydrogen-bond acceptors (Lipinski definition) is 6. The summed E-state index contributed by atoms with van der Waals surface area (Å²) >= 11 is 0. The van der Waals surface area contributed by atoms with Gasteiger partial charge in [-0.15, -0.1) is 0 Å². The van der Waals surface area contributed by atoms with Gasteiger partial charge in [-0.25, -0.2) is 9.37 Å². The van der Waals surface area contributed by atoms with Gasteiger partial charge in [0.05, 0.1) is 30.5 Å². The average molecular weight is 426 g/mol. The van der Waals surface area contributed by atoms with Gasteiger partial charge in [0, 0.05) is 18.0 Å². The van der Waals surface area contributed by atoms with Crippen LogP contribution in [0.15, 0.2) is 29.2 Å². The van der Waals surface area contributed by atoms with Crippen molar-refractivity contribution >= 4 is 17.4 Å². The van der Waals surface area contributed by atoms with Crippen molar-refractivity contribution in [2.45, 2.75) is 58.0 Å².